The number of hydrogen-bond acceptors (Lipinski definition) is 3. The molecule has 0 radical (unpaired) electrons. The molecule has 0 amide bonds. The number of aliphatic hydroxyl groups is 1. The van der Waals surface area contributed by atoms with Crippen molar-refractivity contribution < 1.29 is 9.84 Å². The van der Waals surface area contributed by atoms with Crippen molar-refractivity contribution in [1.82, 2.24) is 5.32 Å². The molecule has 0 aliphatic carbocycles. The zero-order valence-corrected chi connectivity index (χ0v) is 6.76. The lowest BCUT2D eigenvalue weighted by atomic mass is 10.2. The van der Waals surface area contributed by atoms with E-state index >= 15 is 0 Å². The minimum Gasteiger partial charge on any atom is -0.395 e. The van der Waals surface area contributed by atoms with Crippen LogP contribution in [0.1, 0.15) is 13.3 Å². The Kier molecular flexibility index (Phi) is 6.91. The van der Waals surface area contributed by atoms with Gasteiger partial charge in [-0.2, -0.15) is 0 Å². The van der Waals surface area contributed by atoms with Gasteiger partial charge in [0.2, 0.25) is 0 Å². The number of nitrogens with one attached hydrogen (secondary N) is 1. The largest absolute Gasteiger partial charge is 0.395 e. The summed E-state index contributed by atoms with van der Waals surface area (Å²) in [5.74, 6) is 0. The quantitative estimate of drug-likeness (QED) is 0.555. The summed E-state index contributed by atoms with van der Waals surface area (Å²) < 4.78 is 4.87. The lowest BCUT2D eigenvalue weighted by molar-refractivity contribution is 0.160. The van der Waals surface area contributed by atoms with E-state index in [9.17, 15) is 0 Å². The lowest BCUT2D eigenvalue weighted by Gasteiger charge is -2.13. The maximum absolute atomic E-state index is 8.77. The summed E-state index contributed by atoms with van der Waals surface area (Å²) in [6, 6.07) is 0.199. The van der Waals surface area contributed by atoms with E-state index in [1.807, 2.05) is 6.92 Å². The molecular formula is C7H17NO2. The van der Waals surface area contributed by atoms with Gasteiger partial charge in [-0.05, 0) is 13.0 Å². The van der Waals surface area contributed by atoms with Crippen LogP contribution in [0.15, 0.2) is 0 Å². The molecule has 3 nitrogen and oxygen atoms in total. The third kappa shape index (κ3) is 4.73. The average Bonchev–Trinajstić information content (AvgIpc) is 1.98. The molecule has 0 heterocycles. The van der Waals surface area contributed by atoms with Crippen LogP contribution in [0.3, 0.4) is 0 Å². The van der Waals surface area contributed by atoms with Crippen molar-refractivity contribution >= 4 is 0 Å². The fourth-order valence-electron chi connectivity index (χ4n) is 0.807. The van der Waals surface area contributed by atoms with Crippen molar-refractivity contribution in [1.29, 1.82) is 0 Å². The number of hydrogen-bond donors (Lipinski definition) is 2. The van der Waals surface area contributed by atoms with E-state index in [2.05, 4.69) is 5.32 Å². The smallest absolute Gasteiger partial charge is 0.0585 e. The molecule has 0 saturated carbocycles. The van der Waals surface area contributed by atoms with Gasteiger partial charge in [0.1, 0.15) is 0 Å². The summed E-state index contributed by atoms with van der Waals surface area (Å²) in [4.78, 5) is 0. The second-order valence-electron chi connectivity index (χ2n) is 2.22. The summed E-state index contributed by atoms with van der Waals surface area (Å²) in [5.41, 5.74) is 0. The monoisotopic (exact) mass is 147 g/mol. The predicted molar refractivity (Wildman–Crippen MR) is 41.0 cm³/mol. The van der Waals surface area contributed by atoms with Crippen LogP contribution in [0.25, 0.3) is 0 Å². The van der Waals surface area contributed by atoms with Crippen LogP contribution in [0.5, 0.6) is 0 Å². The highest BCUT2D eigenvalue weighted by Crippen LogP contribution is 1.89. The van der Waals surface area contributed by atoms with E-state index in [1.54, 1.807) is 7.11 Å². The van der Waals surface area contributed by atoms with Crippen LogP contribution >= 0.6 is 0 Å². The average molecular weight is 147 g/mol. The van der Waals surface area contributed by atoms with Crippen molar-refractivity contribution in [2.45, 2.75) is 19.4 Å². The molecule has 2 N–H and O–H groups in total. The van der Waals surface area contributed by atoms with Gasteiger partial charge in [0.05, 0.1) is 6.61 Å². The molecular weight excluding hydrogens is 130 g/mol. The number of methoxy groups -OCH3 is 1. The van der Waals surface area contributed by atoms with Gasteiger partial charge >= 0.3 is 0 Å². The molecule has 0 fully saturated rings. The maximum Gasteiger partial charge on any atom is 0.0585 e. The molecule has 1 unspecified atom stereocenters. The minimum absolute atomic E-state index is 0.192. The second-order valence-corrected chi connectivity index (χ2v) is 2.22. The Bertz CT molecular complexity index is 68.6. The highest BCUT2D eigenvalue weighted by Gasteiger charge is 2.02. The first-order valence-electron chi connectivity index (χ1n) is 3.68. The Morgan fingerprint density at radius 2 is 2.30 bits per heavy atom. The van der Waals surface area contributed by atoms with Crippen LogP contribution in [0, 0.1) is 0 Å². The SMILES string of the molecule is CCNC(CO)CCOC. The van der Waals surface area contributed by atoms with Gasteiger partial charge in [-0.15, -0.1) is 0 Å². The Morgan fingerprint density at radius 1 is 1.60 bits per heavy atom. The van der Waals surface area contributed by atoms with Gasteiger partial charge in [0.15, 0.2) is 0 Å². The molecule has 0 aromatic rings. The van der Waals surface area contributed by atoms with E-state index in [0.717, 1.165) is 13.0 Å². The number of ether oxygens (including phenoxy) is 1. The third-order valence-electron chi connectivity index (χ3n) is 1.38. The first kappa shape index (κ1) is 9.88. The van der Waals surface area contributed by atoms with Crippen molar-refractivity contribution in [2.75, 3.05) is 26.9 Å². The maximum atomic E-state index is 8.77. The summed E-state index contributed by atoms with van der Waals surface area (Å²) >= 11 is 0. The molecule has 0 aliphatic rings. The van der Waals surface area contributed by atoms with Crippen LogP contribution in [-0.4, -0.2) is 38.0 Å². The Hall–Kier alpha value is -0.120. The molecule has 10 heavy (non-hydrogen) atoms. The normalized spacial score (nSPS) is 13.5. The van der Waals surface area contributed by atoms with Gasteiger partial charge in [-0.25, -0.2) is 0 Å². The Labute approximate surface area is 62.4 Å². The standard InChI is InChI=1S/C7H17NO2/c1-3-8-7(6-9)4-5-10-2/h7-9H,3-6H2,1-2H3. The topological polar surface area (TPSA) is 41.5 Å². The first-order valence-corrected chi connectivity index (χ1v) is 3.68. The molecule has 1 atom stereocenters. The van der Waals surface area contributed by atoms with E-state index < -0.39 is 0 Å². The van der Waals surface area contributed by atoms with Crippen molar-refractivity contribution in [2.24, 2.45) is 0 Å². The summed E-state index contributed by atoms with van der Waals surface area (Å²) in [7, 11) is 1.67. The predicted octanol–water partition coefficient (Wildman–Crippen LogP) is -0.00670. The molecule has 3 heteroatoms. The summed E-state index contributed by atoms with van der Waals surface area (Å²) in [6.07, 6.45) is 0.876. The van der Waals surface area contributed by atoms with Crippen molar-refractivity contribution in [3.8, 4) is 0 Å². The van der Waals surface area contributed by atoms with Crippen LogP contribution < -0.4 is 5.32 Å². The fourth-order valence-corrected chi connectivity index (χ4v) is 0.807. The lowest BCUT2D eigenvalue weighted by Crippen LogP contribution is -2.33. The summed E-state index contributed by atoms with van der Waals surface area (Å²) in [5, 5.41) is 11.9. The van der Waals surface area contributed by atoms with Crippen LogP contribution in [-0.2, 0) is 4.74 Å². The molecule has 0 aromatic heterocycles. The van der Waals surface area contributed by atoms with Gasteiger partial charge in [0, 0.05) is 19.8 Å². The Balaban J connectivity index is 3.21. The fraction of sp³-hybridized carbons (Fsp3) is 1.00. The highest BCUT2D eigenvalue weighted by atomic mass is 16.5. The first-order chi connectivity index (χ1) is 4.85. The summed E-state index contributed by atoms with van der Waals surface area (Å²) in [6.45, 7) is 3.82. The van der Waals surface area contributed by atoms with E-state index in [4.69, 9.17) is 9.84 Å². The third-order valence-corrected chi connectivity index (χ3v) is 1.38. The van der Waals surface area contributed by atoms with Gasteiger partial charge in [-0.1, -0.05) is 6.92 Å². The minimum atomic E-state index is 0.192. The molecule has 0 aromatic carbocycles. The molecule has 0 bridgehead atoms. The zero-order chi connectivity index (χ0) is 7.82. The van der Waals surface area contributed by atoms with Gasteiger partial charge < -0.3 is 15.2 Å². The van der Waals surface area contributed by atoms with Crippen LogP contribution in [0.4, 0.5) is 0 Å². The number of likely N-dealkylation sites (N-methyl/N-ethyl adjacent to an activating group) is 1. The molecule has 0 aliphatic heterocycles. The second kappa shape index (κ2) is 6.99. The van der Waals surface area contributed by atoms with Crippen molar-refractivity contribution in [3.05, 3.63) is 0 Å². The number of rotatable bonds is 6. The van der Waals surface area contributed by atoms with Gasteiger partial charge in [-0.3, -0.25) is 0 Å². The van der Waals surface area contributed by atoms with Crippen LogP contribution in [0.2, 0.25) is 0 Å². The van der Waals surface area contributed by atoms with Gasteiger partial charge in [0.25, 0.3) is 0 Å². The molecule has 0 rings (SSSR count). The molecule has 0 spiro atoms. The molecule has 0 saturated heterocycles. The molecule has 62 valence electrons. The van der Waals surface area contributed by atoms with E-state index in [-0.39, 0.29) is 12.6 Å². The van der Waals surface area contributed by atoms with E-state index in [0.29, 0.717) is 6.61 Å². The van der Waals surface area contributed by atoms with E-state index in [1.165, 1.54) is 0 Å². The highest BCUT2D eigenvalue weighted by molar-refractivity contribution is 4.62. The number of aliphatic hydroxyl groups excluding tert-OH is 1. The zero-order valence-electron chi connectivity index (χ0n) is 6.76. The Morgan fingerprint density at radius 3 is 2.70 bits per heavy atom. The van der Waals surface area contributed by atoms with Crippen molar-refractivity contribution in [3.63, 3.8) is 0 Å².